The zero-order valence-electron chi connectivity index (χ0n) is 9.39. The minimum absolute atomic E-state index is 0.0818. The smallest absolute Gasteiger partial charge is 0.0157 e. The van der Waals surface area contributed by atoms with Crippen LogP contribution >= 0.6 is 0 Å². The molecular formula is C13H23N. The molecule has 0 saturated heterocycles. The minimum atomic E-state index is 0.0818. The van der Waals surface area contributed by atoms with E-state index in [2.05, 4.69) is 20.1 Å². The number of rotatable bonds is 4. The molecule has 14 heavy (non-hydrogen) atoms. The second kappa shape index (κ2) is 4.79. The van der Waals surface area contributed by atoms with Gasteiger partial charge in [0, 0.05) is 5.54 Å². The van der Waals surface area contributed by atoms with E-state index in [1.807, 2.05) is 6.08 Å². The van der Waals surface area contributed by atoms with Crippen LogP contribution < -0.4 is 5.73 Å². The fourth-order valence-corrected chi connectivity index (χ4v) is 2.10. The lowest BCUT2D eigenvalue weighted by Crippen LogP contribution is -2.42. The summed E-state index contributed by atoms with van der Waals surface area (Å²) < 4.78 is 0. The van der Waals surface area contributed by atoms with E-state index in [1.54, 1.807) is 0 Å². The third kappa shape index (κ3) is 3.30. The van der Waals surface area contributed by atoms with Crippen LogP contribution in [0.15, 0.2) is 24.8 Å². The summed E-state index contributed by atoms with van der Waals surface area (Å²) in [6.45, 7) is 9.97. The second-order valence-corrected chi connectivity index (χ2v) is 4.91. The van der Waals surface area contributed by atoms with Gasteiger partial charge in [-0.1, -0.05) is 31.7 Å². The van der Waals surface area contributed by atoms with Crippen molar-refractivity contribution in [2.24, 2.45) is 11.7 Å². The Kier molecular flexibility index (Phi) is 3.94. The van der Waals surface area contributed by atoms with Crippen molar-refractivity contribution in [1.29, 1.82) is 0 Å². The molecule has 1 heteroatoms. The maximum atomic E-state index is 6.35. The highest BCUT2D eigenvalue weighted by atomic mass is 14.7. The van der Waals surface area contributed by atoms with Crippen molar-refractivity contribution in [3.63, 3.8) is 0 Å². The van der Waals surface area contributed by atoms with Crippen molar-refractivity contribution in [1.82, 2.24) is 0 Å². The lowest BCUT2D eigenvalue weighted by atomic mass is 9.75. The topological polar surface area (TPSA) is 26.0 Å². The molecule has 0 aliphatic heterocycles. The maximum Gasteiger partial charge on any atom is 0.0157 e. The third-order valence-corrected chi connectivity index (χ3v) is 3.50. The van der Waals surface area contributed by atoms with Crippen molar-refractivity contribution >= 4 is 0 Å². The predicted octanol–water partition coefficient (Wildman–Crippen LogP) is 3.42. The predicted molar refractivity (Wildman–Crippen MR) is 63.1 cm³/mol. The molecule has 0 aromatic carbocycles. The van der Waals surface area contributed by atoms with Crippen molar-refractivity contribution in [2.45, 2.75) is 51.0 Å². The SMILES string of the molecule is C=CC(=C)CCC1(N)CCC(C)CC1. The standard InChI is InChI=1S/C13H23N/c1-4-11(2)5-8-13(14)9-6-12(3)7-10-13/h4,12H,1-2,5-10,14H2,3H3. The Labute approximate surface area is 88.1 Å². The Bertz CT molecular complexity index is 209. The van der Waals surface area contributed by atoms with E-state index in [0.29, 0.717) is 0 Å². The van der Waals surface area contributed by atoms with Crippen LogP contribution in [0.4, 0.5) is 0 Å². The molecule has 0 unspecified atom stereocenters. The summed E-state index contributed by atoms with van der Waals surface area (Å²) in [6.07, 6.45) is 8.86. The molecule has 0 atom stereocenters. The largest absolute Gasteiger partial charge is 0.325 e. The van der Waals surface area contributed by atoms with Crippen LogP contribution in [-0.2, 0) is 0 Å². The van der Waals surface area contributed by atoms with E-state index in [0.717, 1.165) is 24.3 Å². The van der Waals surface area contributed by atoms with Gasteiger partial charge in [0.05, 0.1) is 0 Å². The summed E-state index contributed by atoms with van der Waals surface area (Å²) in [5.74, 6) is 0.870. The first kappa shape index (κ1) is 11.5. The highest BCUT2D eigenvalue weighted by Gasteiger charge is 2.29. The summed E-state index contributed by atoms with van der Waals surface area (Å²) in [5.41, 5.74) is 7.55. The molecule has 0 spiro atoms. The van der Waals surface area contributed by atoms with Crippen molar-refractivity contribution in [3.8, 4) is 0 Å². The molecule has 0 radical (unpaired) electrons. The van der Waals surface area contributed by atoms with Crippen LogP contribution in [0.25, 0.3) is 0 Å². The van der Waals surface area contributed by atoms with Gasteiger partial charge >= 0.3 is 0 Å². The Morgan fingerprint density at radius 2 is 2.07 bits per heavy atom. The molecule has 1 saturated carbocycles. The number of hydrogen-bond acceptors (Lipinski definition) is 1. The highest BCUT2D eigenvalue weighted by Crippen LogP contribution is 2.33. The average Bonchev–Trinajstić information content (AvgIpc) is 2.20. The quantitative estimate of drug-likeness (QED) is 0.680. The molecule has 0 aromatic rings. The van der Waals surface area contributed by atoms with Crippen molar-refractivity contribution in [2.75, 3.05) is 0 Å². The summed E-state index contributed by atoms with van der Waals surface area (Å²) in [4.78, 5) is 0. The molecule has 1 fully saturated rings. The molecule has 0 aromatic heterocycles. The summed E-state index contributed by atoms with van der Waals surface area (Å²) >= 11 is 0. The van der Waals surface area contributed by atoms with E-state index in [1.165, 1.54) is 25.7 Å². The van der Waals surface area contributed by atoms with Gasteiger partial charge < -0.3 is 5.73 Å². The third-order valence-electron chi connectivity index (χ3n) is 3.50. The van der Waals surface area contributed by atoms with Gasteiger partial charge in [-0.05, 0) is 44.4 Å². The highest BCUT2D eigenvalue weighted by molar-refractivity contribution is 5.11. The van der Waals surface area contributed by atoms with E-state index < -0.39 is 0 Å². The summed E-state index contributed by atoms with van der Waals surface area (Å²) in [5, 5.41) is 0. The first-order chi connectivity index (χ1) is 6.56. The van der Waals surface area contributed by atoms with Crippen LogP contribution in [0.2, 0.25) is 0 Å². The van der Waals surface area contributed by atoms with Crippen LogP contribution in [0.3, 0.4) is 0 Å². The Balaban J connectivity index is 2.35. The Hall–Kier alpha value is -0.560. The van der Waals surface area contributed by atoms with Gasteiger partial charge in [-0.15, -0.1) is 0 Å². The van der Waals surface area contributed by atoms with Gasteiger partial charge in [0.1, 0.15) is 0 Å². The van der Waals surface area contributed by atoms with E-state index >= 15 is 0 Å². The zero-order chi connectivity index (χ0) is 10.6. The molecule has 1 nitrogen and oxygen atoms in total. The van der Waals surface area contributed by atoms with Crippen LogP contribution in [0.5, 0.6) is 0 Å². The molecule has 2 N–H and O–H groups in total. The molecule has 1 aliphatic rings. The summed E-state index contributed by atoms with van der Waals surface area (Å²) in [6, 6.07) is 0. The lowest BCUT2D eigenvalue weighted by Gasteiger charge is -2.36. The van der Waals surface area contributed by atoms with Crippen molar-refractivity contribution in [3.05, 3.63) is 24.8 Å². The van der Waals surface area contributed by atoms with Crippen LogP contribution in [0, 0.1) is 5.92 Å². The van der Waals surface area contributed by atoms with Gasteiger partial charge in [-0.2, -0.15) is 0 Å². The number of allylic oxidation sites excluding steroid dienone is 2. The van der Waals surface area contributed by atoms with Gasteiger partial charge in [0.2, 0.25) is 0 Å². The Morgan fingerprint density at radius 3 is 2.57 bits per heavy atom. The molecule has 1 aliphatic carbocycles. The van der Waals surface area contributed by atoms with Crippen molar-refractivity contribution < 1.29 is 0 Å². The Morgan fingerprint density at radius 1 is 1.50 bits per heavy atom. The molecule has 0 bridgehead atoms. The first-order valence-electron chi connectivity index (χ1n) is 5.65. The van der Waals surface area contributed by atoms with Gasteiger partial charge in [0.25, 0.3) is 0 Å². The lowest BCUT2D eigenvalue weighted by molar-refractivity contribution is 0.232. The van der Waals surface area contributed by atoms with E-state index in [9.17, 15) is 0 Å². The second-order valence-electron chi connectivity index (χ2n) is 4.91. The molecular weight excluding hydrogens is 170 g/mol. The fraction of sp³-hybridized carbons (Fsp3) is 0.692. The average molecular weight is 193 g/mol. The molecule has 1 rings (SSSR count). The van der Waals surface area contributed by atoms with Crippen LogP contribution in [0.1, 0.15) is 45.4 Å². The van der Waals surface area contributed by atoms with E-state index in [-0.39, 0.29) is 5.54 Å². The van der Waals surface area contributed by atoms with Gasteiger partial charge in [0.15, 0.2) is 0 Å². The number of nitrogens with two attached hydrogens (primary N) is 1. The van der Waals surface area contributed by atoms with Gasteiger partial charge in [-0.25, -0.2) is 0 Å². The molecule has 0 heterocycles. The fourth-order valence-electron chi connectivity index (χ4n) is 2.10. The minimum Gasteiger partial charge on any atom is -0.325 e. The number of hydrogen-bond donors (Lipinski definition) is 1. The molecule has 80 valence electrons. The zero-order valence-corrected chi connectivity index (χ0v) is 9.39. The summed E-state index contributed by atoms with van der Waals surface area (Å²) in [7, 11) is 0. The monoisotopic (exact) mass is 193 g/mol. The van der Waals surface area contributed by atoms with Crippen LogP contribution in [-0.4, -0.2) is 5.54 Å². The van der Waals surface area contributed by atoms with E-state index in [4.69, 9.17) is 5.73 Å². The normalized spacial score (nSPS) is 32.6. The maximum absolute atomic E-state index is 6.35. The first-order valence-corrected chi connectivity index (χ1v) is 5.65. The van der Waals surface area contributed by atoms with Gasteiger partial charge in [-0.3, -0.25) is 0 Å². The molecule has 0 amide bonds.